The smallest absolute Gasteiger partial charge is 0.150 e. The van der Waals surface area contributed by atoms with Gasteiger partial charge in [0.05, 0.1) is 18.0 Å². The summed E-state index contributed by atoms with van der Waals surface area (Å²) in [7, 11) is 0. The molecule has 0 saturated heterocycles. The Balaban J connectivity index is 1.95. The van der Waals surface area contributed by atoms with Crippen molar-refractivity contribution in [2.45, 2.75) is 6.42 Å². The van der Waals surface area contributed by atoms with Crippen LogP contribution in [0.1, 0.15) is 16.8 Å². The predicted molar refractivity (Wildman–Crippen MR) is 79.6 cm³/mol. The predicted octanol–water partition coefficient (Wildman–Crippen LogP) is 3.68. The SMILES string of the molecule is O=Cc1ccc(N=Nc2ccc(OCCCO)cc2)cc1. The third-order valence-electron chi connectivity index (χ3n) is 2.72. The van der Waals surface area contributed by atoms with Crippen molar-refractivity contribution in [2.24, 2.45) is 10.2 Å². The van der Waals surface area contributed by atoms with Gasteiger partial charge >= 0.3 is 0 Å². The number of nitrogens with zero attached hydrogens (tertiary/aromatic N) is 2. The number of aliphatic hydroxyl groups excluding tert-OH is 1. The zero-order chi connectivity index (χ0) is 14.9. The molecule has 5 heteroatoms. The second-order valence-electron chi connectivity index (χ2n) is 4.33. The van der Waals surface area contributed by atoms with Gasteiger partial charge in [0.2, 0.25) is 0 Å². The number of carbonyl (C=O) groups excluding carboxylic acids is 1. The van der Waals surface area contributed by atoms with E-state index in [4.69, 9.17) is 9.84 Å². The first-order valence-corrected chi connectivity index (χ1v) is 6.62. The van der Waals surface area contributed by atoms with E-state index in [0.29, 0.717) is 30.0 Å². The van der Waals surface area contributed by atoms with Crippen molar-refractivity contribution in [1.82, 2.24) is 0 Å². The number of aldehydes is 1. The summed E-state index contributed by atoms with van der Waals surface area (Å²) in [6, 6.07) is 14.1. The lowest BCUT2D eigenvalue weighted by Crippen LogP contribution is -1.99. The Labute approximate surface area is 122 Å². The molecule has 0 aliphatic heterocycles. The summed E-state index contributed by atoms with van der Waals surface area (Å²) >= 11 is 0. The maximum atomic E-state index is 10.5. The Morgan fingerprint density at radius 3 is 2.05 bits per heavy atom. The molecule has 0 aliphatic rings. The summed E-state index contributed by atoms with van der Waals surface area (Å²) in [5.74, 6) is 0.734. The third kappa shape index (κ3) is 4.81. The Hall–Kier alpha value is -2.53. The van der Waals surface area contributed by atoms with Gasteiger partial charge in [-0.05, 0) is 48.5 Å². The summed E-state index contributed by atoms with van der Waals surface area (Å²) in [6.45, 7) is 0.607. The van der Waals surface area contributed by atoms with Gasteiger partial charge in [-0.3, -0.25) is 4.79 Å². The first-order valence-electron chi connectivity index (χ1n) is 6.62. The zero-order valence-corrected chi connectivity index (χ0v) is 11.5. The van der Waals surface area contributed by atoms with E-state index in [2.05, 4.69) is 10.2 Å². The molecule has 5 nitrogen and oxygen atoms in total. The first-order chi connectivity index (χ1) is 10.3. The molecule has 2 rings (SSSR count). The van der Waals surface area contributed by atoms with Gasteiger partial charge in [-0.15, -0.1) is 0 Å². The summed E-state index contributed by atoms with van der Waals surface area (Å²) in [4.78, 5) is 10.5. The molecule has 21 heavy (non-hydrogen) atoms. The molecule has 0 spiro atoms. The molecule has 0 bridgehead atoms. The fourth-order valence-electron chi connectivity index (χ4n) is 1.60. The molecule has 0 aromatic heterocycles. The minimum Gasteiger partial charge on any atom is -0.494 e. The molecule has 1 N–H and O–H groups in total. The third-order valence-corrected chi connectivity index (χ3v) is 2.72. The van der Waals surface area contributed by atoms with Gasteiger partial charge in [-0.2, -0.15) is 10.2 Å². The standard InChI is InChI=1S/C16H16N2O3/c19-10-1-11-21-16-8-6-15(7-9-16)18-17-14-4-2-13(12-20)3-5-14/h2-9,12,19H,1,10-11H2. The van der Waals surface area contributed by atoms with E-state index in [1.165, 1.54) is 0 Å². The van der Waals surface area contributed by atoms with Crippen LogP contribution in [-0.4, -0.2) is 24.6 Å². The van der Waals surface area contributed by atoms with Crippen LogP contribution in [0.15, 0.2) is 58.8 Å². The lowest BCUT2D eigenvalue weighted by atomic mass is 10.2. The molecular weight excluding hydrogens is 268 g/mol. The number of carbonyl (C=O) groups is 1. The van der Waals surface area contributed by atoms with Gasteiger partial charge in [-0.25, -0.2) is 0 Å². The number of benzene rings is 2. The highest BCUT2D eigenvalue weighted by Crippen LogP contribution is 2.21. The van der Waals surface area contributed by atoms with E-state index in [0.717, 1.165) is 12.0 Å². The van der Waals surface area contributed by atoms with Crippen molar-refractivity contribution in [3.8, 4) is 5.75 Å². The largest absolute Gasteiger partial charge is 0.494 e. The van der Waals surface area contributed by atoms with Gasteiger partial charge in [0.25, 0.3) is 0 Å². The van der Waals surface area contributed by atoms with E-state index < -0.39 is 0 Å². The Morgan fingerprint density at radius 1 is 0.952 bits per heavy atom. The highest BCUT2D eigenvalue weighted by Gasteiger charge is 1.95. The number of hydrogen-bond acceptors (Lipinski definition) is 5. The van der Waals surface area contributed by atoms with E-state index in [1.54, 1.807) is 48.5 Å². The molecule has 0 heterocycles. The van der Waals surface area contributed by atoms with Crippen LogP contribution in [0.2, 0.25) is 0 Å². The fraction of sp³-hybridized carbons (Fsp3) is 0.188. The Bertz CT molecular complexity index is 592. The summed E-state index contributed by atoms with van der Waals surface area (Å²) in [5.41, 5.74) is 2.01. The molecule has 2 aromatic carbocycles. The minimum atomic E-state index is 0.120. The number of azo groups is 1. The van der Waals surface area contributed by atoms with Crippen LogP contribution in [0.3, 0.4) is 0 Å². The van der Waals surface area contributed by atoms with Gasteiger partial charge in [-0.1, -0.05) is 0 Å². The topological polar surface area (TPSA) is 71.2 Å². The van der Waals surface area contributed by atoms with E-state index >= 15 is 0 Å². The van der Waals surface area contributed by atoms with E-state index in [-0.39, 0.29) is 6.61 Å². The quantitative estimate of drug-likeness (QED) is 0.479. The molecule has 2 aromatic rings. The van der Waals surface area contributed by atoms with Crippen LogP contribution < -0.4 is 4.74 Å². The maximum absolute atomic E-state index is 10.5. The van der Waals surface area contributed by atoms with Crippen molar-refractivity contribution in [3.63, 3.8) is 0 Å². The van der Waals surface area contributed by atoms with Gasteiger partial charge in [0.15, 0.2) is 0 Å². The lowest BCUT2D eigenvalue weighted by molar-refractivity contribution is 0.112. The molecule has 0 saturated carbocycles. The lowest BCUT2D eigenvalue weighted by Gasteiger charge is -2.04. The normalized spacial score (nSPS) is 10.7. The van der Waals surface area contributed by atoms with Gasteiger partial charge in [0, 0.05) is 18.6 Å². The first kappa shape index (κ1) is 14.9. The van der Waals surface area contributed by atoms with Crippen LogP contribution in [0.25, 0.3) is 0 Å². The van der Waals surface area contributed by atoms with Gasteiger partial charge < -0.3 is 9.84 Å². The average Bonchev–Trinajstić information content (AvgIpc) is 2.55. The molecule has 0 radical (unpaired) electrons. The summed E-state index contributed by atoms with van der Waals surface area (Å²) in [5, 5.41) is 16.9. The average molecular weight is 284 g/mol. The van der Waals surface area contributed by atoms with Crippen LogP contribution in [-0.2, 0) is 0 Å². The number of rotatable bonds is 7. The second-order valence-corrected chi connectivity index (χ2v) is 4.33. The van der Waals surface area contributed by atoms with Gasteiger partial charge in [0.1, 0.15) is 12.0 Å². The highest BCUT2D eigenvalue weighted by molar-refractivity contribution is 5.75. The van der Waals surface area contributed by atoms with E-state index in [1.807, 2.05) is 0 Å². The Morgan fingerprint density at radius 2 is 1.52 bits per heavy atom. The molecule has 0 unspecified atom stereocenters. The maximum Gasteiger partial charge on any atom is 0.150 e. The van der Waals surface area contributed by atoms with Crippen molar-refractivity contribution in [3.05, 3.63) is 54.1 Å². The molecule has 0 aliphatic carbocycles. The van der Waals surface area contributed by atoms with Crippen LogP contribution >= 0.6 is 0 Å². The molecule has 0 fully saturated rings. The molecule has 0 amide bonds. The molecule has 0 atom stereocenters. The fourth-order valence-corrected chi connectivity index (χ4v) is 1.60. The summed E-state index contributed by atoms with van der Waals surface area (Å²) < 4.78 is 5.42. The van der Waals surface area contributed by atoms with Crippen LogP contribution in [0.4, 0.5) is 11.4 Å². The number of hydrogen-bond donors (Lipinski definition) is 1. The van der Waals surface area contributed by atoms with Crippen LogP contribution in [0, 0.1) is 0 Å². The minimum absolute atomic E-state index is 0.120. The monoisotopic (exact) mass is 284 g/mol. The second kappa shape index (κ2) is 7.91. The molecular formula is C16H16N2O3. The van der Waals surface area contributed by atoms with Crippen molar-refractivity contribution >= 4 is 17.7 Å². The zero-order valence-electron chi connectivity index (χ0n) is 11.5. The number of aliphatic hydroxyl groups is 1. The van der Waals surface area contributed by atoms with Crippen molar-refractivity contribution < 1.29 is 14.6 Å². The van der Waals surface area contributed by atoms with Crippen LogP contribution in [0.5, 0.6) is 5.75 Å². The van der Waals surface area contributed by atoms with Crippen molar-refractivity contribution in [2.75, 3.05) is 13.2 Å². The van der Waals surface area contributed by atoms with Crippen molar-refractivity contribution in [1.29, 1.82) is 0 Å². The van der Waals surface area contributed by atoms with E-state index in [9.17, 15) is 4.79 Å². The number of ether oxygens (including phenoxy) is 1. The summed E-state index contributed by atoms with van der Waals surface area (Å²) in [6.07, 6.45) is 1.40. The Kier molecular flexibility index (Phi) is 5.60. The molecule has 108 valence electrons. The highest BCUT2D eigenvalue weighted by atomic mass is 16.5.